The molecule has 1 aromatic carbocycles. The third-order valence-electron chi connectivity index (χ3n) is 4.20. The topological polar surface area (TPSA) is 24.3 Å². The molecule has 3 rings (SSSR count). The standard InChI is InChI=1S/C17H23ClN4/c1-20(2)7-6-16-11-21(12-17-9-19-13-22(16)17)10-14-4-3-5-15(18)8-14/h3-5,8-9,13,16H,6-7,10-12H2,1-2H3. The van der Waals surface area contributed by atoms with E-state index in [4.69, 9.17) is 11.6 Å². The van der Waals surface area contributed by atoms with Gasteiger partial charge in [0.25, 0.3) is 0 Å². The minimum atomic E-state index is 0.493. The number of halogens is 1. The highest BCUT2D eigenvalue weighted by Crippen LogP contribution is 2.25. The average Bonchev–Trinajstić information content (AvgIpc) is 2.93. The van der Waals surface area contributed by atoms with Crippen LogP contribution in [0.5, 0.6) is 0 Å². The van der Waals surface area contributed by atoms with Gasteiger partial charge >= 0.3 is 0 Å². The second-order valence-electron chi connectivity index (χ2n) is 6.34. The van der Waals surface area contributed by atoms with Crippen LogP contribution in [0.3, 0.4) is 0 Å². The Bertz CT molecular complexity index is 623. The second-order valence-corrected chi connectivity index (χ2v) is 6.77. The number of fused-ring (bicyclic) bond motifs is 1. The van der Waals surface area contributed by atoms with Crippen molar-refractivity contribution in [1.29, 1.82) is 0 Å². The molecule has 0 aliphatic carbocycles. The largest absolute Gasteiger partial charge is 0.329 e. The zero-order valence-corrected chi connectivity index (χ0v) is 14.0. The Balaban J connectivity index is 1.72. The maximum absolute atomic E-state index is 6.10. The minimum Gasteiger partial charge on any atom is -0.329 e. The van der Waals surface area contributed by atoms with Crippen molar-refractivity contribution < 1.29 is 0 Å². The van der Waals surface area contributed by atoms with Gasteiger partial charge < -0.3 is 9.47 Å². The second kappa shape index (κ2) is 6.82. The molecule has 0 saturated carbocycles. The number of aromatic nitrogens is 2. The summed E-state index contributed by atoms with van der Waals surface area (Å²) in [4.78, 5) is 9.07. The Kier molecular flexibility index (Phi) is 4.81. The quantitative estimate of drug-likeness (QED) is 0.847. The van der Waals surface area contributed by atoms with Gasteiger partial charge in [-0.25, -0.2) is 4.98 Å². The predicted octanol–water partition coefficient (Wildman–Crippen LogP) is 3.05. The van der Waals surface area contributed by atoms with Gasteiger partial charge in [-0.3, -0.25) is 4.90 Å². The number of benzene rings is 1. The monoisotopic (exact) mass is 318 g/mol. The Morgan fingerprint density at radius 2 is 2.23 bits per heavy atom. The van der Waals surface area contributed by atoms with Crippen molar-refractivity contribution in [1.82, 2.24) is 19.4 Å². The van der Waals surface area contributed by atoms with Crippen molar-refractivity contribution >= 4 is 11.6 Å². The summed E-state index contributed by atoms with van der Waals surface area (Å²) in [5.41, 5.74) is 2.57. The van der Waals surface area contributed by atoms with Gasteiger partial charge in [-0.05, 0) is 44.8 Å². The lowest BCUT2D eigenvalue weighted by Gasteiger charge is -2.35. The lowest BCUT2D eigenvalue weighted by atomic mass is 10.1. The molecule has 0 radical (unpaired) electrons. The molecule has 0 fully saturated rings. The van der Waals surface area contributed by atoms with E-state index >= 15 is 0 Å². The maximum Gasteiger partial charge on any atom is 0.0951 e. The highest BCUT2D eigenvalue weighted by Gasteiger charge is 2.24. The smallest absolute Gasteiger partial charge is 0.0951 e. The predicted molar refractivity (Wildman–Crippen MR) is 90.0 cm³/mol. The van der Waals surface area contributed by atoms with E-state index < -0.39 is 0 Å². The SMILES string of the molecule is CN(C)CCC1CN(Cc2cccc(Cl)c2)Cc2cncn21. The summed E-state index contributed by atoms with van der Waals surface area (Å²) in [6.07, 6.45) is 5.11. The lowest BCUT2D eigenvalue weighted by molar-refractivity contribution is 0.165. The molecule has 2 aromatic rings. The van der Waals surface area contributed by atoms with E-state index in [0.717, 1.165) is 37.6 Å². The third kappa shape index (κ3) is 3.69. The first-order chi connectivity index (χ1) is 10.6. The van der Waals surface area contributed by atoms with Gasteiger partial charge in [0.15, 0.2) is 0 Å². The number of hydrogen-bond donors (Lipinski definition) is 0. The molecule has 1 unspecified atom stereocenters. The highest BCUT2D eigenvalue weighted by molar-refractivity contribution is 6.30. The van der Waals surface area contributed by atoms with Crippen molar-refractivity contribution in [3.63, 3.8) is 0 Å². The van der Waals surface area contributed by atoms with Crippen LogP contribution in [0, 0.1) is 0 Å². The highest BCUT2D eigenvalue weighted by atomic mass is 35.5. The third-order valence-corrected chi connectivity index (χ3v) is 4.43. The first-order valence-corrected chi connectivity index (χ1v) is 8.12. The van der Waals surface area contributed by atoms with Crippen LogP contribution in [0.15, 0.2) is 36.8 Å². The van der Waals surface area contributed by atoms with Gasteiger partial charge in [-0.2, -0.15) is 0 Å². The number of rotatable bonds is 5. The van der Waals surface area contributed by atoms with Crippen molar-refractivity contribution in [3.8, 4) is 0 Å². The molecule has 5 heteroatoms. The average molecular weight is 319 g/mol. The molecule has 1 aliphatic heterocycles. The molecule has 1 atom stereocenters. The summed E-state index contributed by atoms with van der Waals surface area (Å²) < 4.78 is 2.35. The maximum atomic E-state index is 6.10. The fourth-order valence-electron chi connectivity index (χ4n) is 3.11. The van der Waals surface area contributed by atoms with Crippen LogP contribution in [0.1, 0.15) is 23.7 Å². The van der Waals surface area contributed by atoms with E-state index in [1.54, 1.807) is 0 Å². The van der Waals surface area contributed by atoms with Crippen molar-refractivity contribution in [2.24, 2.45) is 0 Å². The Labute approximate surface area is 137 Å². The van der Waals surface area contributed by atoms with Gasteiger partial charge in [0.2, 0.25) is 0 Å². The van der Waals surface area contributed by atoms with Gasteiger partial charge in [0.1, 0.15) is 0 Å². The van der Waals surface area contributed by atoms with E-state index in [0.29, 0.717) is 6.04 Å². The van der Waals surface area contributed by atoms with Crippen LogP contribution in [-0.2, 0) is 13.1 Å². The Morgan fingerprint density at radius 3 is 3.00 bits per heavy atom. The summed E-state index contributed by atoms with van der Waals surface area (Å²) in [5.74, 6) is 0. The minimum absolute atomic E-state index is 0.493. The van der Waals surface area contributed by atoms with Gasteiger partial charge in [-0.1, -0.05) is 23.7 Å². The van der Waals surface area contributed by atoms with Crippen LogP contribution in [0.25, 0.3) is 0 Å². The first kappa shape index (κ1) is 15.5. The zero-order chi connectivity index (χ0) is 15.5. The summed E-state index contributed by atoms with van der Waals surface area (Å²) in [5, 5.41) is 0.809. The van der Waals surface area contributed by atoms with Crippen LogP contribution < -0.4 is 0 Å². The van der Waals surface area contributed by atoms with Crippen molar-refractivity contribution in [2.75, 3.05) is 27.2 Å². The fourth-order valence-corrected chi connectivity index (χ4v) is 3.33. The summed E-state index contributed by atoms with van der Waals surface area (Å²) in [6.45, 7) is 4.03. The first-order valence-electron chi connectivity index (χ1n) is 7.74. The Morgan fingerprint density at radius 1 is 1.36 bits per heavy atom. The summed E-state index contributed by atoms with van der Waals surface area (Å²) in [6, 6.07) is 8.65. The summed E-state index contributed by atoms with van der Waals surface area (Å²) >= 11 is 6.10. The van der Waals surface area contributed by atoms with Crippen LogP contribution >= 0.6 is 11.6 Å². The molecule has 1 aromatic heterocycles. The molecular weight excluding hydrogens is 296 g/mol. The number of nitrogens with zero attached hydrogens (tertiary/aromatic N) is 4. The molecule has 0 saturated heterocycles. The lowest BCUT2D eigenvalue weighted by Crippen LogP contribution is -2.37. The molecule has 0 N–H and O–H groups in total. The normalized spacial score (nSPS) is 18.6. The zero-order valence-electron chi connectivity index (χ0n) is 13.2. The van der Waals surface area contributed by atoms with Crippen molar-refractivity contribution in [2.45, 2.75) is 25.6 Å². The van der Waals surface area contributed by atoms with Gasteiger partial charge in [0, 0.05) is 36.9 Å². The number of imidazole rings is 1. The molecule has 2 heterocycles. The van der Waals surface area contributed by atoms with E-state index in [1.807, 2.05) is 24.7 Å². The molecule has 1 aliphatic rings. The van der Waals surface area contributed by atoms with Crippen LogP contribution in [0.4, 0.5) is 0 Å². The molecule has 0 amide bonds. The molecule has 22 heavy (non-hydrogen) atoms. The fraction of sp³-hybridized carbons (Fsp3) is 0.471. The Hall–Kier alpha value is -1.36. The van der Waals surface area contributed by atoms with Gasteiger partial charge in [-0.15, -0.1) is 0 Å². The van der Waals surface area contributed by atoms with Gasteiger partial charge in [0.05, 0.1) is 12.0 Å². The molecule has 118 valence electrons. The molecular formula is C17H23ClN4. The van der Waals surface area contributed by atoms with E-state index in [1.165, 1.54) is 11.3 Å². The van der Waals surface area contributed by atoms with Crippen molar-refractivity contribution in [3.05, 3.63) is 53.1 Å². The molecule has 0 spiro atoms. The number of hydrogen-bond acceptors (Lipinski definition) is 3. The van der Waals surface area contributed by atoms with E-state index in [-0.39, 0.29) is 0 Å². The van der Waals surface area contributed by atoms with Crippen LogP contribution in [-0.4, -0.2) is 46.5 Å². The van der Waals surface area contributed by atoms with Crippen LogP contribution in [0.2, 0.25) is 5.02 Å². The molecule has 4 nitrogen and oxygen atoms in total. The van der Waals surface area contributed by atoms with E-state index in [2.05, 4.69) is 45.6 Å². The van der Waals surface area contributed by atoms with E-state index in [9.17, 15) is 0 Å². The molecule has 0 bridgehead atoms. The summed E-state index contributed by atoms with van der Waals surface area (Å²) in [7, 11) is 4.25.